The van der Waals surface area contributed by atoms with Crippen LogP contribution in [0.25, 0.3) is 0 Å². The van der Waals surface area contributed by atoms with E-state index in [4.69, 9.17) is 16.3 Å². The third kappa shape index (κ3) is 5.98. The molecule has 2 aromatic carbocycles. The molecule has 0 saturated carbocycles. The first-order valence-corrected chi connectivity index (χ1v) is 9.98. The Morgan fingerprint density at radius 2 is 1.85 bits per heavy atom. The highest BCUT2D eigenvalue weighted by molar-refractivity contribution is 6.32. The van der Waals surface area contributed by atoms with Crippen molar-refractivity contribution in [3.63, 3.8) is 0 Å². The van der Waals surface area contributed by atoms with E-state index in [0.29, 0.717) is 17.3 Å². The van der Waals surface area contributed by atoms with Gasteiger partial charge in [-0.1, -0.05) is 54.4 Å². The highest BCUT2D eigenvalue weighted by atomic mass is 35.5. The van der Waals surface area contributed by atoms with Gasteiger partial charge in [-0.2, -0.15) is 0 Å². The van der Waals surface area contributed by atoms with Crippen molar-refractivity contribution in [1.82, 2.24) is 10.2 Å². The highest BCUT2D eigenvalue weighted by Gasteiger charge is 2.16. The van der Waals surface area contributed by atoms with Crippen molar-refractivity contribution in [2.75, 3.05) is 13.1 Å². The molecule has 1 fully saturated rings. The lowest BCUT2D eigenvalue weighted by Gasteiger charge is -2.26. The van der Waals surface area contributed by atoms with Crippen molar-refractivity contribution < 1.29 is 9.53 Å². The predicted molar refractivity (Wildman–Crippen MR) is 109 cm³/mol. The van der Waals surface area contributed by atoms with E-state index in [0.717, 1.165) is 12.1 Å². The molecule has 27 heavy (non-hydrogen) atoms. The van der Waals surface area contributed by atoms with Crippen molar-refractivity contribution in [1.29, 1.82) is 0 Å². The predicted octanol–water partition coefficient (Wildman–Crippen LogP) is 4.41. The number of hydrogen-bond donors (Lipinski definition) is 1. The summed E-state index contributed by atoms with van der Waals surface area (Å²) in [4.78, 5) is 14.8. The number of para-hydroxylation sites is 1. The minimum Gasteiger partial charge on any atom is -0.479 e. The Bertz CT molecular complexity index is 759. The molecule has 1 heterocycles. The van der Waals surface area contributed by atoms with Gasteiger partial charge < -0.3 is 10.1 Å². The number of carbonyl (C=O) groups is 1. The molecule has 1 atom stereocenters. The number of carbonyl (C=O) groups excluding carboxylic acids is 1. The Morgan fingerprint density at radius 1 is 1.11 bits per heavy atom. The first-order valence-electron chi connectivity index (χ1n) is 9.61. The number of nitrogens with zero attached hydrogens (tertiary/aromatic N) is 1. The molecule has 0 bridgehead atoms. The van der Waals surface area contributed by atoms with E-state index >= 15 is 0 Å². The number of hydrogen-bond acceptors (Lipinski definition) is 3. The SMILES string of the molecule is CC(Oc1ccccc1Cl)C(=O)NCc1cccc(CN2CCCCC2)c1. The second-order valence-corrected chi connectivity index (χ2v) is 7.47. The molecule has 0 aliphatic carbocycles. The number of amides is 1. The Kier molecular flexibility index (Phi) is 7.13. The number of rotatable bonds is 7. The fourth-order valence-electron chi connectivity index (χ4n) is 3.33. The van der Waals surface area contributed by atoms with Crippen LogP contribution >= 0.6 is 11.6 Å². The first-order chi connectivity index (χ1) is 13.1. The van der Waals surface area contributed by atoms with Crippen LogP contribution in [0, 0.1) is 0 Å². The van der Waals surface area contributed by atoms with Crippen LogP contribution in [0.5, 0.6) is 5.75 Å². The summed E-state index contributed by atoms with van der Waals surface area (Å²) in [6.07, 6.45) is 3.32. The molecule has 2 aromatic rings. The topological polar surface area (TPSA) is 41.6 Å². The fourth-order valence-corrected chi connectivity index (χ4v) is 3.51. The minimum atomic E-state index is -0.610. The van der Waals surface area contributed by atoms with Crippen LogP contribution in [0.4, 0.5) is 0 Å². The average molecular weight is 387 g/mol. The van der Waals surface area contributed by atoms with Crippen LogP contribution in [-0.4, -0.2) is 30.0 Å². The second-order valence-electron chi connectivity index (χ2n) is 7.07. The Hall–Kier alpha value is -2.04. The lowest BCUT2D eigenvalue weighted by Crippen LogP contribution is -2.36. The number of ether oxygens (including phenoxy) is 1. The normalized spacial score (nSPS) is 15.9. The highest BCUT2D eigenvalue weighted by Crippen LogP contribution is 2.24. The summed E-state index contributed by atoms with van der Waals surface area (Å²) in [5.74, 6) is 0.363. The van der Waals surface area contributed by atoms with Crippen LogP contribution < -0.4 is 10.1 Å². The van der Waals surface area contributed by atoms with Crippen LogP contribution in [0.15, 0.2) is 48.5 Å². The average Bonchev–Trinajstić information content (AvgIpc) is 2.69. The van der Waals surface area contributed by atoms with Crippen molar-refractivity contribution >= 4 is 17.5 Å². The number of benzene rings is 2. The lowest BCUT2D eigenvalue weighted by atomic mass is 10.1. The number of piperidine rings is 1. The molecule has 144 valence electrons. The number of halogens is 1. The molecule has 1 N–H and O–H groups in total. The molecule has 4 nitrogen and oxygen atoms in total. The number of nitrogens with one attached hydrogen (secondary N) is 1. The summed E-state index contributed by atoms with van der Waals surface area (Å²) in [6, 6.07) is 15.6. The van der Waals surface area contributed by atoms with Crippen molar-refractivity contribution in [2.45, 2.75) is 45.4 Å². The summed E-state index contributed by atoms with van der Waals surface area (Å²) in [5, 5.41) is 3.45. The van der Waals surface area contributed by atoms with Crippen LogP contribution in [0.2, 0.25) is 5.02 Å². The third-order valence-electron chi connectivity index (χ3n) is 4.82. The van der Waals surface area contributed by atoms with Crippen LogP contribution in [0.1, 0.15) is 37.3 Å². The second kappa shape index (κ2) is 9.77. The molecule has 1 unspecified atom stereocenters. The minimum absolute atomic E-state index is 0.156. The fraction of sp³-hybridized carbons (Fsp3) is 0.409. The van der Waals surface area contributed by atoms with E-state index in [2.05, 4.69) is 28.4 Å². The zero-order chi connectivity index (χ0) is 19.1. The van der Waals surface area contributed by atoms with Crippen molar-refractivity contribution in [2.24, 2.45) is 0 Å². The zero-order valence-electron chi connectivity index (χ0n) is 15.8. The Balaban J connectivity index is 1.50. The molecule has 0 radical (unpaired) electrons. The van der Waals surface area contributed by atoms with Gasteiger partial charge in [0.1, 0.15) is 5.75 Å². The molecule has 1 aliphatic rings. The summed E-state index contributed by atoms with van der Waals surface area (Å²) in [7, 11) is 0. The maximum absolute atomic E-state index is 12.3. The van der Waals surface area contributed by atoms with Gasteiger partial charge >= 0.3 is 0 Å². The molecular formula is C22H27ClN2O2. The van der Waals surface area contributed by atoms with E-state index in [-0.39, 0.29) is 5.91 Å². The van der Waals surface area contributed by atoms with Gasteiger partial charge in [0.05, 0.1) is 5.02 Å². The van der Waals surface area contributed by atoms with Gasteiger partial charge in [0.15, 0.2) is 6.10 Å². The quantitative estimate of drug-likeness (QED) is 0.766. The van der Waals surface area contributed by atoms with E-state index in [1.807, 2.05) is 18.2 Å². The molecule has 0 aromatic heterocycles. The third-order valence-corrected chi connectivity index (χ3v) is 5.13. The van der Waals surface area contributed by atoms with Gasteiger partial charge in [-0.25, -0.2) is 0 Å². The molecule has 1 aliphatic heterocycles. The maximum Gasteiger partial charge on any atom is 0.261 e. The first kappa shape index (κ1) is 19.7. The van der Waals surface area contributed by atoms with Gasteiger partial charge in [-0.05, 0) is 56.1 Å². The Morgan fingerprint density at radius 3 is 2.63 bits per heavy atom. The van der Waals surface area contributed by atoms with E-state index in [1.165, 1.54) is 37.9 Å². The summed E-state index contributed by atoms with van der Waals surface area (Å²) in [5.41, 5.74) is 2.40. The van der Waals surface area contributed by atoms with Crippen LogP contribution in [0.3, 0.4) is 0 Å². The largest absolute Gasteiger partial charge is 0.479 e. The van der Waals surface area contributed by atoms with Gasteiger partial charge in [0.2, 0.25) is 0 Å². The van der Waals surface area contributed by atoms with Gasteiger partial charge in [0.25, 0.3) is 5.91 Å². The lowest BCUT2D eigenvalue weighted by molar-refractivity contribution is -0.127. The number of likely N-dealkylation sites (tertiary alicyclic amines) is 1. The summed E-state index contributed by atoms with van der Waals surface area (Å²) in [6.45, 7) is 5.55. The summed E-state index contributed by atoms with van der Waals surface area (Å²) < 4.78 is 5.67. The molecular weight excluding hydrogens is 360 g/mol. The maximum atomic E-state index is 12.3. The molecule has 0 spiro atoms. The van der Waals surface area contributed by atoms with Crippen molar-refractivity contribution in [3.05, 3.63) is 64.7 Å². The monoisotopic (exact) mass is 386 g/mol. The summed E-state index contributed by atoms with van der Waals surface area (Å²) >= 11 is 6.08. The van der Waals surface area contributed by atoms with Gasteiger partial charge in [-0.3, -0.25) is 9.69 Å². The van der Waals surface area contributed by atoms with Gasteiger partial charge in [-0.15, -0.1) is 0 Å². The van der Waals surface area contributed by atoms with Gasteiger partial charge in [0, 0.05) is 13.1 Å². The zero-order valence-corrected chi connectivity index (χ0v) is 16.5. The molecule has 1 amide bonds. The molecule has 3 rings (SSSR count). The van der Waals surface area contributed by atoms with E-state index in [9.17, 15) is 4.79 Å². The Labute approximate surface area is 166 Å². The standard InChI is InChI=1S/C22H27ClN2O2/c1-17(27-21-11-4-3-10-20(21)23)22(26)24-15-18-8-7-9-19(14-18)16-25-12-5-2-6-13-25/h3-4,7-11,14,17H,2,5-6,12-13,15-16H2,1H3,(H,24,26). The van der Waals surface area contributed by atoms with E-state index < -0.39 is 6.10 Å². The van der Waals surface area contributed by atoms with Crippen molar-refractivity contribution in [3.8, 4) is 5.75 Å². The molecule has 1 saturated heterocycles. The molecule has 5 heteroatoms. The van der Waals surface area contributed by atoms with Crippen LogP contribution in [-0.2, 0) is 17.9 Å². The van der Waals surface area contributed by atoms with E-state index in [1.54, 1.807) is 19.1 Å². The smallest absolute Gasteiger partial charge is 0.261 e.